The number of likely N-dealkylation sites (tertiary alicyclic amines) is 1. The number of aromatic hydroxyl groups is 1. The maximum Gasteiger partial charge on any atom is 0.174 e. The number of phenols is 1. The van der Waals surface area contributed by atoms with Crippen molar-refractivity contribution in [3.8, 4) is 11.5 Å². The molecule has 1 aromatic rings. The van der Waals surface area contributed by atoms with Crippen molar-refractivity contribution in [2.45, 2.75) is 61.7 Å². The van der Waals surface area contributed by atoms with Crippen molar-refractivity contribution in [2.75, 3.05) is 20.1 Å². The molecule has 1 aromatic carbocycles. The van der Waals surface area contributed by atoms with E-state index in [9.17, 15) is 15.0 Å². The summed E-state index contributed by atoms with van der Waals surface area (Å²) < 4.78 is 6.98. The van der Waals surface area contributed by atoms with Gasteiger partial charge in [-0.15, -0.1) is 0 Å². The number of carbonyl (C=O) groups excluding carboxylic acids is 1. The van der Waals surface area contributed by atoms with Gasteiger partial charge in [0.05, 0.1) is 25.6 Å². The molecule has 5 aliphatic rings. The van der Waals surface area contributed by atoms with Crippen LogP contribution in [-0.2, 0) is 16.6 Å². The number of aliphatic hydroxyl groups is 1. The number of quaternary nitrogens is 1. The summed E-state index contributed by atoms with van der Waals surface area (Å²) in [5, 5.41) is 22.5. The van der Waals surface area contributed by atoms with Gasteiger partial charge in [-0.1, -0.05) is 6.07 Å². The Balaban J connectivity index is 1.60. The van der Waals surface area contributed by atoms with Gasteiger partial charge in [0.2, 0.25) is 0 Å². The number of phenolic OH excluding ortho intramolecular Hbond substituents is 1. The van der Waals surface area contributed by atoms with Gasteiger partial charge >= 0.3 is 0 Å². The number of ether oxygens (including phenoxy) is 1. The summed E-state index contributed by atoms with van der Waals surface area (Å²) in [7, 11) is 2.31. The first-order valence-electron chi connectivity index (χ1n) is 10.0. The molecule has 138 valence electrons. The zero-order valence-electron chi connectivity index (χ0n) is 15.2. The van der Waals surface area contributed by atoms with E-state index in [-0.39, 0.29) is 17.6 Å². The van der Waals surface area contributed by atoms with Gasteiger partial charge in [0, 0.05) is 30.7 Å². The third-order valence-electron chi connectivity index (χ3n) is 8.28. The highest BCUT2D eigenvalue weighted by Gasteiger charge is 2.76. The lowest BCUT2D eigenvalue weighted by molar-refractivity contribution is -0.950. The molecule has 5 heteroatoms. The molecule has 2 saturated carbocycles. The van der Waals surface area contributed by atoms with Crippen LogP contribution in [0.15, 0.2) is 12.1 Å². The number of Topliss-reactive ketones (excluding diaryl/α,β-unsaturated/α-hetero) is 1. The molecule has 0 radical (unpaired) electrons. The van der Waals surface area contributed by atoms with Crippen LogP contribution >= 0.6 is 0 Å². The highest BCUT2D eigenvalue weighted by Crippen LogP contribution is 2.65. The van der Waals surface area contributed by atoms with E-state index in [1.165, 1.54) is 12.8 Å². The number of rotatable bonds is 2. The largest absolute Gasteiger partial charge is 0.504 e. The highest BCUT2D eigenvalue weighted by atomic mass is 16.5. The molecule has 3 fully saturated rings. The lowest BCUT2D eigenvalue weighted by Gasteiger charge is -2.64. The molecule has 2 bridgehead atoms. The number of hydrogen-bond acceptors (Lipinski definition) is 4. The van der Waals surface area contributed by atoms with Gasteiger partial charge in [0.15, 0.2) is 23.4 Å². The molecule has 1 saturated heterocycles. The van der Waals surface area contributed by atoms with Gasteiger partial charge in [-0.3, -0.25) is 4.79 Å². The highest BCUT2D eigenvalue weighted by molar-refractivity contribution is 5.90. The van der Waals surface area contributed by atoms with Gasteiger partial charge in [-0.25, -0.2) is 0 Å². The number of likely N-dealkylation sites (N-methyl/N-ethyl adjacent to an activating group) is 1. The van der Waals surface area contributed by atoms with E-state index < -0.39 is 17.1 Å². The summed E-state index contributed by atoms with van der Waals surface area (Å²) in [5.74, 6) is 1.42. The molecule has 1 spiro atoms. The monoisotopic (exact) mass is 356 g/mol. The lowest BCUT2D eigenvalue weighted by atomic mass is 9.48. The van der Waals surface area contributed by atoms with Crippen LogP contribution in [0.4, 0.5) is 0 Å². The Hall–Kier alpha value is -1.59. The second kappa shape index (κ2) is 4.45. The van der Waals surface area contributed by atoms with E-state index in [0.717, 1.165) is 47.5 Å². The van der Waals surface area contributed by atoms with Crippen LogP contribution in [0.5, 0.6) is 11.5 Å². The van der Waals surface area contributed by atoms with Gasteiger partial charge in [0.1, 0.15) is 11.6 Å². The molecule has 5 nitrogen and oxygen atoms in total. The summed E-state index contributed by atoms with van der Waals surface area (Å²) in [4.78, 5) is 12.8. The van der Waals surface area contributed by atoms with Gasteiger partial charge in [-0.05, 0) is 30.9 Å². The second-order valence-corrected chi connectivity index (χ2v) is 9.61. The van der Waals surface area contributed by atoms with Gasteiger partial charge in [-0.2, -0.15) is 0 Å². The first-order valence-corrected chi connectivity index (χ1v) is 10.0. The lowest BCUT2D eigenvalue weighted by Crippen LogP contribution is -2.80. The fourth-order valence-corrected chi connectivity index (χ4v) is 6.94. The number of nitrogens with zero attached hydrogens (tertiary/aromatic N) is 1. The Morgan fingerprint density at radius 2 is 2.12 bits per heavy atom. The summed E-state index contributed by atoms with van der Waals surface area (Å²) in [6, 6.07) is 3.77. The molecule has 5 atom stereocenters. The predicted molar refractivity (Wildman–Crippen MR) is 94.1 cm³/mol. The number of hydrogen-bond donors (Lipinski definition) is 2. The van der Waals surface area contributed by atoms with Crippen LogP contribution < -0.4 is 4.74 Å². The number of piperidine rings is 1. The van der Waals surface area contributed by atoms with Crippen molar-refractivity contribution < 1.29 is 24.2 Å². The molecule has 2 aliphatic heterocycles. The van der Waals surface area contributed by atoms with E-state index >= 15 is 0 Å². The average Bonchev–Trinajstić information content (AvgIpc) is 3.32. The van der Waals surface area contributed by atoms with Crippen LogP contribution in [0, 0.1) is 5.92 Å². The van der Waals surface area contributed by atoms with Crippen LogP contribution in [0.1, 0.15) is 43.2 Å². The van der Waals surface area contributed by atoms with E-state index in [0.29, 0.717) is 18.6 Å². The molecule has 2 N–H and O–H groups in total. The second-order valence-electron chi connectivity index (χ2n) is 9.61. The topological polar surface area (TPSA) is 66.8 Å². The van der Waals surface area contributed by atoms with Crippen molar-refractivity contribution in [1.29, 1.82) is 0 Å². The predicted octanol–water partition coefficient (Wildman–Crippen LogP) is 1.67. The van der Waals surface area contributed by atoms with Crippen molar-refractivity contribution in [1.82, 2.24) is 0 Å². The molecule has 0 aromatic heterocycles. The minimum atomic E-state index is -0.931. The van der Waals surface area contributed by atoms with Crippen LogP contribution in [-0.4, -0.2) is 58.4 Å². The zero-order valence-corrected chi connectivity index (χ0v) is 15.2. The van der Waals surface area contributed by atoms with Gasteiger partial charge < -0.3 is 19.4 Å². The first kappa shape index (κ1) is 15.5. The summed E-state index contributed by atoms with van der Waals surface area (Å²) in [6.45, 7) is 2.09. The van der Waals surface area contributed by atoms with E-state index in [1.54, 1.807) is 6.07 Å². The average molecular weight is 356 g/mol. The van der Waals surface area contributed by atoms with Crippen molar-refractivity contribution in [2.24, 2.45) is 5.92 Å². The number of ketones is 1. The Morgan fingerprint density at radius 1 is 1.31 bits per heavy atom. The molecule has 2 heterocycles. The summed E-state index contributed by atoms with van der Waals surface area (Å²) >= 11 is 0. The zero-order chi connectivity index (χ0) is 17.9. The third kappa shape index (κ3) is 1.55. The first-order chi connectivity index (χ1) is 12.4. The summed E-state index contributed by atoms with van der Waals surface area (Å²) in [5.41, 5.74) is 0.492. The van der Waals surface area contributed by atoms with E-state index in [2.05, 4.69) is 7.05 Å². The van der Waals surface area contributed by atoms with Crippen molar-refractivity contribution in [3.63, 3.8) is 0 Å². The normalized spacial score (nSPS) is 45.2. The molecular formula is C21H26NO4+. The SMILES string of the molecule is C[N+]1(CC2CC2)CC[C@@]23c4c5ccc(O)c4OC2C(=O)CCC3(O)C1C5. The van der Waals surface area contributed by atoms with E-state index in [1.807, 2.05) is 6.07 Å². The molecule has 0 amide bonds. The smallest absolute Gasteiger partial charge is 0.174 e. The van der Waals surface area contributed by atoms with E-state index in [4.69, 9.17) is 4.74 Å². The minimum absolute atomic E-state index is 0.0789. The van der Waals surface area contributed by atoms with Crippen LogP contribution in [0.3, 0.4) is 0 Å². The Bertz CT molecular complexity index is 849. The van der Waals surface area contributed by atoms with Crippen LogP contribution in [0.2, 0.25) is 0 Å². The fourth-order valence-electron chi connectivity index (χ4n) is 6.94. The molecule has 26 heavy (non-hydrogen) atoms. The Kier molecular flexibility index (Phi) is 2.65. The third-order valence-corrected chi connectivity index (χ3v) is 8.28. The molecule has 6 rings (SSSR count). The quantitative estimate of drug-likeness (QED) is 0.791. The standard InChI is InChI=1S/C21H25NO4/c1-22(11-12-2-3-12)9-8-20-17-13-4-5-14(23)18(17)26-19(20)15(24)6-7-21(20,25)16(22)10-13/h4-5,12,16,19,25H,2-3,6-11H2,1H3/p+1/t16?,19?,20-,21?,22?/m1/s1. The summed E-state index contributed by atoms with van der Waals surface area (Å²) in [6.07, 6.45) is 4.42. The minimum Gasteiger partial charge on any atom is -0.504 e. The number of benzene rings is 1. The maximum absolute atomic E-state index is 12.8. The molecule has 3 aliphatic carbocycles. The fraction of sp³-hybridized carbons (Fsp3) is 0.667. The Morgan fingerprint density at radius 3 is 2.88 bits per heavy atom. The molecular weight excluding hydrogens is 330 g/mol. The van der Waals surface area contributed by atoms with Gasteiger partial charge in [0.25, 0.3) is 0 Å². The van der Waals surface area contributed by atoms with Crippen LogP contribution in [0.25, 0.3) is 0 Å². The van der Waals surface area contributed by atoms with Crippen molar-refractivity contribution >= 4 is 5.78 Å². The van der Waals surface area contributed by atoms with Crippen molar-refractivity contribution in [3.05, 3.63) is 23.3 Å². The number of carbonyl (C=O) groups is 1. The molecule has 4 unspecified atom stereocenters. The maximum atomic E-state index is 12.8. The Labute approximate surface area is 153 Å².